The molecule has 1 aliphatic carbocycles. The molecule has 0 saturated heterocycles. The summed E-state index contributed by atoms with van der Waals surface area (Å²) in [4.78, 5) is 2.22. The molecule has 4 nitrogen and oxygen atoms in total. The number of aliphatic hydroxyl groups is 2. The first-order chi connectivity index (χ1) is 9.15. The summed E-state index contributed by atoms with van der Waals surface area (Å²) in [6.45, 7) is 9.25. The Bertz CT molecular complexity index is 232. The summed E-state index contributed by atoms with van der Waals surface area (Å²) in [6.07, 6.45) is 5.16. The first-order valence-electron chi connectivity index (χ1n) is 7.80. The average Bonchev–Trinajstić information content (AvgIpc) is 2.37. The van der Waals surface area contributed by atoms with Crippen molar-refractivity contribution in [3.8, 4) is 0 Å². The molecular formula is C15H32N2O2. The first kappa shape index (κ1) is 16.9. The Morgan fingerprint density at radius 1 is 1.26 bits per heavy atom. The standard InChI is InChI=1S/C15H32N2O2/c1-3-16-12-15(6-4-5-14(2)11-15)13-17(7-9-18)8-10-19/h14,16,18-19H,3-13H2,1-2H3. The number of hydrogen-bond acceptors (Lipinski definition) is 4. The maximum Gasteiger partial charge on any atom is 0.0558 e. The van der Waals surface area contributed by atoms with Crippen LogP contribution in [0.4, 0.5) is 0 Å². The minimum Gasteiger partial charge on any atom is -0.395 e. The highest BCUT2D eigenvalue weighted by atomic mass is 16.3. The molecule has 0 heterocycles. The van der Waals surface area contributed by atoms with E-state index in [1.165, 1.54) is 25.7 Å². The molecule has 0 bridgehead atoms. The van der Waals surface area contributed by atoms with Gasteiger partial charge in [0, 0.05) is 26.2 Å². The number of nitrogens with zero attached hydrogens (tertiary/aromatic N) is 1. The molecule has 4 heteroatoms. The van der Waals surface area contributed by atoms with Gasteiger partial charge < -0.3 is 15.5 Å². The minimum absolute atomic E-state index is 0.173. The van der Waals surface area contributed by atoms with Crippen molar-refractivity contribution >= 4 is 0 Å². The smallest absolute Gasteiger partial charge is 0.0558 e. The van der Waals surface area contributed by atoms with Gasteiger partial charge in [0.1, 0.15) is 0 Å². The van der Waals surface area contributed by atoms with Gasteiger partial charge in [-0.2, -0.15) is 0 Å². The third kappa shape index (κ3) is 5.78. The van der Waals surface area contributed by atoms with Crippen LogP contribution >= 0.6 is 0 Å². The van der Waals surface area contributed by atoms with E-state index in [9.17, 15) is 0 Å². The molecule has 0 spiro atoms. The van der Waals surface area contributed by atoms with Crippen LogP contribution in [0.15, 0.2) is 0 Å². The van der Waals surface area contributed by atoms with Crippen LogP contribution in [0.1, 0.15) is 39.5 Å². The van der Waals surface area contributed by atoms with Crippen molar-refractivity contribution in [1.29, 1.82) is 0 Å². The lowest BCUT2D eigenvalue weighted by Gasteiger charge is -2.43. The number of aliphatic hydroxyl groups excluding tert-OH is 2. The van der Waals surface area contributed by atoms with E-state index in [0.29, 0.717) is 18.5 Å². The molecule has 1 fully saturated rings. The van der Waals surface area contributed by atoms with Gasteiger partial charge in [-0.25, -0.2) is 0 Å². The van der Waals surface area contributed by atoms with Gasteiger partial charge in [0.15, 0.2) is 0 Å². The van der Waals surface area contributed by atoms with E-state index >= 15 is 0 Å². The van der Waals surface area contributed by atoms with Gasteiger partial charge in [0.25, 0.3) is 0 Å². The van der Waals surface area contributed by atoms with Crippen LogP contribution in [0.5, 0.6) is 0 Å². The van der Waals surface area contributed by atoms with Crippen molar-refractivity contribution in [2.45, 2.75) is 39.5 Å². The predicted molar refractivity (Wildman–Crippen MR) is 79.2 cm³/mol. The van der Waals surface area contributed by atoms with Gasteiger partial charge in [-0.15, -0.1) is 0 Å². The van der Waals surface area contributed by atoms with Crippen molar-refractivity contribution < 1.29 is 10.2 Å². The lowest BCUT2D eigenvalue weighted by molar-refractivity contribution is 0.0614. The molecule has 0 aromatic heterocycles. The molecule has 3 N–H and O–H groups in total. The van der Waals surface area contributed by atoms with Crippen molar-refractivity contribution in [3.05, 3.63) is 0 Å². The van der Waals surface area contributed by atoms with Crippen LogP contribution in [0.25, 0.3) is 0 Å². The van der Waals surface area contributed by atoms with E-state index in [-0.39, 0.29) is 13.2 Å². The Labute approximate surface area is 118 Å². The Hall–Kier alpha value is -0.160. The predicted octanol–water partition coefficient (Wildman–Crippen LogP) is 1.08. The summed E-state index contributed by atoms with van der Waals surface area (Å²) in [6, 6.07) is 0. The fourth-order valence-corrected chi connectivity index (χ4v) is 3.55. The van der Waals surface area contributed by atoms with Gasteiger partial charge in [0.2, 0.25) is 0 Å². The lowest BCUT2D eigenvalue weighted by Crippen LogP contribution is -2.48. The summed E-state index contributed by atoms with van der Waals surface area (Å²) in [7, 11) is 0. The number of rotatable bonds is 9. The van der Waals surface area contributed by atoms with Gasteiger partial charge in [-0.05, 0) is 30.7 Å². The maximum atomic E-state index is 9.17. The second kappa shape index (κ2) is 8.90. The number of hydrogen-bond donors (Lipinski definition) is 3. The average molecular weight is 272 g/mol. The zero-order valence-electron chi connectivity index (χ0n) is 12.7. The minimum atomic E-state index is 0.173. The monoisotopic (exact) mass is 272 g/mol. The molecule has 1 aliphatic rings. The van der Waals surface area contributed by atoms with Crippen LogP contribution in [0.3, 0.4) is 0 Å². The van der Waals surface area contributed by atoms with Crippen molar-refractivity contribution in [2.24, 2.45) is 11.3 Å². The van der Waals surface area contributed by atoms with Crippen LogP contribution in [-0.4, -0.2) is 61.1 Å². The molecule has 19 heavy (non-hydrogen) atoms. The van der Waals surface area contributed by atoms with Crippen LogP contribution in [0, 0.1) is 11.3 Å². The second-order valence-electron chi connectivity index (χ2n) is 6.21. The molecule has 0 aromatic rings. The maximum absolute atomic E-state index is 9.17. The molecular weight excluding hydrogens is 240 g/mol. The van der Waals surface area contributed by atoms with E-state index in [4.69, 9.17) is 10.2 Å². The molecule has 114 valence electrons. The molecule has 0 aliphatic heterocycles. The van der Waals surface area contributed by atoms with Gasteiger partial charge in [-0.1, -0.05) is 26.7 Å². The highest BCUT2D eigenvalue weighted by Crippen LogP contribution is 2.39. The molecule has 0 aromatic carbocycles. The van der Waals surface area contributed by atoms with Crippen LogP contribution in [-0.2, 0) is 0 Å². The fourth-order valence-electron chi connectivity index (χ4n) is 3.55. The Morgan fingerprint density at radius 3 is 2.47 bits per heavy atom. The van der Waals surface area contributed by atoms with Gasteiger partial charge in [-0.3, -0.25) is 4.90 Å². The van der Waals surface area contributed by atoms with Crippen molar-refractivity contribution in [1.82, 2.24) is 10.2 Å². The first-order valence-corrected chi connectivity index (χ1v) is 7.80. The Balaban J connectivity index is 2.65. The van der Waals surface area contributed by atoms with E-state index in [2.05, 4.69) is 24.1 Å². The van der Waals surface area contributed by atoms with Crippen LogP contribution < -0.4 is 5.32 Å². The summed E-state index contributed by atoms with van der Waals surface area (Å²) in [5.41, 5.74) is 0.317. The zero-order chi connectivity index (χ0) is 14.1. The second-order valence-corrected chi connectivity index (χ2v) is 6.21. The summed E-state index contributed by atoms with van der Waals surface area (Å²) in [5.74, 6) is 0.789. The fraction of sp³-hybridized carbons (Fsp3) is 1.00. The SMILES string of the molecule is CCNCC1(CN(CCO)CCO)CCCC(C)C1. The van der Waals surface area contributed by atoms with E-state index in [1.54, 1.807) is 0 Å². The highest BCUT2D eigenvalue weighted by Gasteiger charge is 2.35. The van der Waals surface area contributed by atoms with E-state index in [1.807, 2.05) is 0 Å². The number of nitrogens with one attached hydrogen (secondary N) is 1. The Kier molecular flexibility index (Phi) is 7.91. The molecule has 2 unspecified atom stereocenters. The third-order valence-corrected chi connectivity index (χ3v) is 4.33. The lowest BCUT2D eigenvalue weighted by atomic mass is 9.69. The third-order valence-electron chi connectivity index (χ3n) is 4.33. The van der Waals surface area contributed by atoms with E-state index < -0.39 is 0 Å². The van der Waals surface area contributed by atoms with E-state index in [0.717, 1.165) is 25.6 Å². The zero-order valence-corrected chi connectivity index (χ0v) is 12.7. The largest absolute Gasteiger partial charge is 0.395 e. The quantitative estimate of drug-likeness (QED) is 0.588. The molecule has 2 atom stereocenters. The summed E-state index contributed by atoms with van der Waals surface area (Å²) >= 11 is 0. The van der Waals surface area contributed by atoms with Crippen molar-refractivity contribution in [2.75, 3.05) is 45.9 Å². The van der Waals surface area contributed by atoms with Gasteiger partial charge in [0.05, 0.1) is 13.2 Å². The summed E-state index contributed by atoms with van der Waals surface area (Å²) < 4.78 is 0. The van der Waals surface area contributed by atoms with Crippen LogP contribution in [0.2, 0.25) is 0 Å². The normalized spacial score (nSPS) is 27.9. The molecule has 1 rings (SSSR count). The molecule has 0 radical (unpaired) electrons. The Morgan fingerprint density at radius 2 is 1.95 bits per heavy atom. The molecule has 1 saturated carbocycles. The summed E-state index contributed by atoms with van der Waals surface area (Å²) in [5, 5.41) is 21.8. The highest BCUT2D eigenvalue weighted by molar-refractivity contribution is 4.89. The topological polar surface area (TPSA) is 55.7 Å². The van der Waals surface area contributed by atoms with Gasteiger partial charge >= 0.3 is 0 Å². The molecule has 0 amide bonds. The van der Waals surface area contributed by atoms with Crippen molar-refractivity contribution in [3.63, 3.8) is 0 Å².